The predicted octanol–water partition coefficient (Wildman–Crippen LogP) is 0.855. The molecule has 1 unspecified atom stereocenters. The van der Waals surface area contributed by atoms with Crippen LogP contribution in [0.25, 0.3) is 0 Å². The van der Waals surface area contributed by atoms with Gasteiger partial charge in [0.05, 0.1) is 11.5 Å². The first-order chi connectivity index (χ1) is 9.17. The first-order valence-electron chi connectivity index (χ1n) is 6.24. The van der Waals surface area contributed by atoms with E-state index < -0.39 is 22.4 Å². The highest BCUT2D eigenvalue weighted by atomic mass is 32.2. The summed E-state index contributed by atoms with van der Waals surface area (Å²) in [5.74, 6) is -0.641. The monoisotopic (exact) mass is 304 g/mol. The standard InChI is InChI=1S/C13H21FN2O3S/c1-9(7-16(3)4)15-20(18,19)13-6-11(8-17)5-12(14)10(13)2/h5-6,9,15,17H,7-8H2,1-4H3. The lowest BCUT2D eigenvalue weighted by Crippen LogP contribution is -2.39. The van der Waals surface area contributed by atoms with Crippen LogP contribution in [0.3, 0.4) is 0 Å². The van der Waals surface area contributed by atoms with Crippen molar-refractivity contribution in [3.8, 4) is 0 Å². The van der Waals surface area contributed by atoms with E-state index in [2.05, 4.69) is 4.72 Å². The number of sulfonamides is 1. The number of halogens is 1. The Morgan fingerprint density at radius 2 is 2.00 bits per heavy atom. The van der Waals surface area contributed by atoms with Crippen molar-refractivity contribution in [2.75, 3.05) is 20.6 Å². The number of aliphatic hydroxyl groups is 1. The Morgan fingerprint density at radius 1 is 1.40 bits per heavy atom. The van der Waals surface area contributed by atoms with Crippen LogP contribution in [0.4, 0.5) is 4.39 Å². The van der Waals surface area contributed by atoms with Crippen LogP contribution in [-0.2, 0) is 16.6 Å². The van der Waals surface area contributed by atoms with Crippen LogP contribution in [0.5, 0.6) is 0 Å². The van der Waals surface area contributed by atoms with Crippen LogP contribution in [-0.4, -0.2) is 45.1 Å². The third-order valence-corrected chi connectivity index (χ3v) is 4.54. The van der Waals surface area contributed by atoms with E-state index in [1.807, 2.05) is 19.0 Å². The number of likely N-dealkylation sites (N-methyl/N-ethyl adjacent to an activating group) is 1. The molecular formula is C13H21FN2O3S. The Labute approximate surface area is 119 Å². The fourth-order valence-electron chi connectivity index (χ4n) is 1.99. The fourth-order valence-corrected chi connectivity index (χ4v) is 3.53. The maximum Gasteiger partial charge on any atom is 0.241 e. The molecule has 20 heavy (non-hydrogen) atoms. The molecule has 1 atom stereocenters. The molecule has 0 aromatic heterocycles. The molecule has 0 bridgehead atoms. The first kappa shape index (κ1) is 17.0. The SMILES string of the molecule is Cc1c(F)cc(CO)cc1S(=O)(=O)NC(C)CN(C)C. The van der Waals surface area contributed by atoms with Gasteiger partial charge in [-0.15, -0.1) is 0 Å². The zero-order valence-electron chi connectivity index (χ0n) is 12.1. The smallest absolute Gasteiger partial charge is 0.241 e. The molecule has 2 N–H and O–H groups in total. The normalized spacial score (nSPS) is 13.8. The Bertz CT molecular complexity index is 573. The van der Waals surface area contributed by atoms with Crippen molar-refractivity contribution in [2.24, 2.45) is 0 Å². The minimum Gasteiger partial charge on any atom is -0.392 e. The molecular weight excluding hydrogens is 283 g/mol. The minimum atomic E-state index is -3.82. The number of rotatable bonds is 6. The molecule has 0 aliphatic carbocycles. The second-order valence-electron chi connectivity index (χ2n) is 5.14. The van der Waals surface area contributed by atoms with Gasteiger partial charge >= 0.3 is 0 Å². The molecule has 1 aromatic rings. The van der Waals surface area contributed by atoms with Gasteiger partial charge in [-0.1, -0.05) is 0 Å². The molecule has 0 spiro atoms. The van der Waals surface area contributed by atoms with Crippen molar-refractivity contribution in [1.29, 1.82) is 0 Å². The number of nitrogens with zero attached hydrogens (tertiary/aromatic N) is 1. The zero-order chi connectivity index (χ0) is 15.5. The number of nitrogens with one attached hydrogen (secondary N) is 1. The summed E-state index contributed by atoms with van der Waals surface area (Å²) in [7, 11) is -0.148. The topological polar surface area (TPSA) is 69.6 Å². The molecule has 0 heterocycles. The van der Waals surface area contributed by atoms with Crippen LogP contribution in [0.15, 0.2) is 17.0 Å². The van der Waals surface area contributed by atoms with Crippen molar-refractivity contribution < 1.29 is 17.9 Å². The van der Waals surface area contributed by atoms with Gasteiger partial charge in [-0.2, -0.15) is 0 Å². The number of hydrogen-bond acceptors (Lipinski definition) is 4. The fraction of sp³-hybridized carbons (Fsp3) is 0.538. The Kier molecular flexibility index (Phi) is 5.64. The highest BCUT2D eigenvalue weighted by Crippen LogP contribution is 2.21. The first-order valence-corrected chi connectivity index (χ1v) is 7.72. The van der Waals surface area contributed by atoms with E-state index in [4.69, 9.17) is 5.11 Å². The number of hydrogen-bond donors (Lipinski definition) is 2. The van der Waals surface area contributed by atoms with Gasteiger partial charge < -0.3 is 10.0 Å². The van der Waals surface area contributed by atoms with E-state index in [1.165, 1.54) is 13.0 Å². The average Bonchev–Trinajstić information content (AvgIpc) is 2.30. The summed E-state index contributed by atoms with van der Waals surface area (Å²) in [6, 6.07) is 2.12. The lowest BCUT2D eigenvalue weighted by molar-refractivity contribution is 0.281. The largest absolute Gasteiger partial charge is 0.392 e. The third kappa shape index (κ3) is 4.24. The van der Waals surface area contributed by atoms with Gasteiger partial charge in [0, 0.05) is 18.2 Å². The number of aliphatic hydroxyl groups excluding tert-OH is 1. The Hall–Kier alpha value is -1.02. The highest BCUT2D eigenvalue weighted by Gasteiger charge is 2.22. The van der Waals surface area contributed by atoms with Crippen molar-refractivity contribution in [3.63, 3.8) is 0 Å². The van der Waals surface area contributed by atoms with Gasteiger partial charge in [-0.25, -0.2) is 17.5 Å². The average molecular weight is 304 g/mol. The van der Waals surface area contributed by atoms with Crippen molar-refractivity contribution >= 4 is 10.0 Å². The predicted molar refractivity (Wildman–Crippen MR) is 75.4 cm³/mol. The molecule has 114 valence electrons. The van der Waals surface area contributed by atoms with Crippen molar-refractivity contribution in [2.45, 2.75) is 31.4 Å². The molecule has 0 saturated carbocycles. The van der Waals surface area contributed by atoms with Gasteiger partial charge in [0.1, 0.15) is 5.82 Å². The maximum absolute atomic E-state index is 13.7. The van der Waals surface area contributed by atoms with Crippen molar-refractivity contribution in [1.82, 2.24) is 9.62 Å². The summed E-state index contributed by atoms with van der Waals surface area (Å²) in [5, 5.41) is 9.06. The molecule has 7 heteroatoms. The summed E-state index contributed by atoms with van der Waals surface area (Å²) in [5.41, 5.74) is 0.278. The second-order valence-corrected chi connectivity index (χ2v) is 6.83. The number of benzene rings is 1. The molecule has 0 fully saturated rings. The van der Waals surface area contributed by atoms with E-state index in [1.54, 1.807) is 6.92 Å². The van der Waals surface area contributed by atoms with Crippen LogP contribution in [0.2, 0.25) is 0 Å². The molecule has 1 aromatic carbocycles. The maximum atomic E-state index is 13.7. The molecule has 0 amide bonds. The van der Waals surface area contributed by atoms with Crippen LogP contribution >= 0.6 is 0 Å². The molecule has 0 saturated heterocycles. The zero-order valence-corrected chi connectivity index (χ0v) is 13.0. The summed E-state index contributed by atoms with van der Waals surface area (Å²) >= 11 is 0. The van der Waals surface area contributed by atoms with Crippen molar-refractivity contribution in [3.05, 3.63) is 29.1 Å². The Balaban J connectivity index is 3.12. The van der Waals surface area contributed by atoms with E-state index >= 15 is 0 Å². The van der Waals surface area contributed by atoms with Gasteiger partial charge in [-0.05, 0) is 45.6 Å². The van der Waals surface area contributed by atoms with E-state index in [-0.39, 0.29) is 22.1 Å². The molecule has 0 aliphatic rings. The lowest BCUT2D eigenvalue weighted by atomic mass is 10.1. The Morgan fingerprint density at radius 3 is 2.50 bits per heavy atom. The third-order valence-electron chi connectivity index (χ3n) is 2.82. The summed E-state index contributed by atoms with van der Waals surface area (Å²) in [4.78, 5) is 1.72. The van der Waals surface area contributed by atoms with Gasteiger partial charge in [-0.3, -0.25) is 0 Å². The molecule has 1 rings (SSSR count). The summed E-state index contributed by atoms with van der Waals surface area (Å²) < 4.78 is 40.8. The van der Waals surface area contributed by atoms with E-state index in [9.17, 15) is 12.8 Å². The van der Waals surface area contributed by atoms with E-state index in [0.29, 0.717) is 6.54 Å². The van der Waals surface area contributed by atoms with Crippen LogP contribution in [0.1, 0.15) is 18.1 Å². The molecule has 5 nitrogen and oxygen atoms in total. The van der Waals surface area contributed by atoms with Gasteiger partial charge in [0.25, 0.3) is 0 Å². The molecule has 0 aliphatic heterocycles. The van der Waals surface area contributed by atoms with Gasteiger partial charge in [0.15, 0.2) is 0 Å². The second kappa shape index (κ2) is 6.62. The van der Waals surface area contributed by atoms with Gasteiger partial charge in [0.2, 0.25) is 10.0 Å². The summed E-state index contributed by atoms with van der Waals surface area (Å²) in [6.07, 6.45) is 0. The van der Waals surface area contributed by atoms with Crippen LogP contribution < -0.4 is 4.72 Å². The minimum absolute atomic E-state index is 0.0479. The lowest BCUT2D eigenvalue weighted by Gasteiger charge is -2.19. The highest BCUT2D eigenvalue weighted by molar-refractivity contribution is 7.89. The van der Waals surface area contributed by atoms with Crippen LogP contribution in [0, 0.1) is 12.7 Å². The quantitative estimate of drug-likeness (QED) is 0.818. The summed E-state index contributed by atoms with van der Waals surface area (Å²) in [6.45, 7) is 3.26. The van der Waals surface area contributed by atoms with E-state index in [0.717, 1.165) is 6.07 Å². The molecule has 0 radical (unpaired) electrons.